The number of hydrogen-bond acceptors (Lipinski definition) is 2. The highest BCUT2D eigenvalue weighted by Crippen LogP contribution is 2.27. The van der Waals surface area contributed by atoms with Crippen LogP contribution < -0.4 is 5.63 Å². The molecule has 0 spiro atoms. The van der Waals surface area contributed by atoms with Gasteiger partial charge in [-0.3, -0.25) is 0 Å². The van der Waals surface area contributed by atoms with Gasteiger partial charge in [-0.25, -0.2) is 4.79 Å². The summed E-state index contributed by atoms with van der Waals surface area (Å²) in [7, 11) is 0. The van der Waals surface area contributed by atoms with Crippen LogP contribution in [0.2, 0.25) is 0 Å². The molecule has 0 aliphatic rings. The Bertz CT molecular complexity index is 813. The zero-order valence-electron chi connectivity index (χ0n) is 10.9. The molecule has 2 aromatic carbocycles. The van der Waals surface area contributed by atoms with Crippen LogP contribution in [0.15, 0.2) is 57.7 Å². The minimum atomic E-state index is -0.314. The lowest BCUT2D eigenvalue weighted by Crippen LogP contribution is -1.94. The Morgan fingerprint density at radius 1 is 0.895 bits per heavy atom. The lowest BCUT2D eigenvalue weighted by atomic mass is 9.98. The highest BCUT2D eigenvalue weighted by Gasteiger charge is 2.05. The molecule has 0 unspecified atom stereocenters. The number of hydrogen-bond donors (Lipinski definition) is 0. The Hall–Kier alpha value is -2.35. The molecule has 3 aromatic rings. The van der Waals surface area contributed by atoms with Gasteiger partial charge in [0.05, 0.1) is 0 Å². The van der Waals surface area contributed by atoms with Gasteiger partial charge in [0, 0.05) is 11.5 Å². The number of rotatable bonds is 1. The second kappa shape index (κ2) is 4.39. The highest BCUT2D eigenvalue weighted by atomic mass is 16.4. The lowest BCUT2D eigenvalue weighted by molar-refractivity contribution is 0.561. The van der Waals surface area contributed by atoms with E-state index in [0.717, 1.165) is 10.9 Å². The summed E-state index contributed by atoms with van der Waals surface area (Å²) in [4.78, 5) is 11.3. The third-order valence-electron chi connectivity index (χ3n) is 3.33. The summed E-state index contributed by atoms with van der Waals surface area (Å²) in [6.45, 7) is 4.16. The fourth-order valence-corrected chi connectivity index (χ4v) is 2.28. The summed E-state index contributed by atoms with van der Waals surface area (Å²) in [5.41, 5.74) is 4.99. The second-order valence-corrected chi connectivity index (χ2v) is 4.83. The van der Waals surface area contributed by atoms with E-state index < -0.39 is 0 Å². The molecule has 0 radical (unpaired) electrons. The van der Waals surface area contributed by atoms with E-state index in [2.05, 4.69) is 38.1 Å². The zero-order chi connectivity index (χ0) is 13.4. The molecule has 1 heterocycles. The Kier molecular flexibility index (Phi) is 2.71. The Labute approximate surface area is 111 Å². The maximum atomic E-state index is 11.3. The monoisotopic (exact) mass is 250 g/mol. The van der Waals surface area contributed by atoms with Gasteiger partial charge in [0.15, 0.2) is 0 Å². The van der Waals surface area contributed by atoms with E-state index in [1.54, 1.807) is 6.07 Å². The predicted molar refractivity (Wildman–Crippen MR) is 77.4 cm³/mol. The van der Waals surface area contributed by atoms with Gasteiger partial charge < -0.3 is 4.42 Å². The average molecular weight is 250 g/mol. The van der Waals surface area contributed by atoms with Crippen molar-refractivity contribution in [3.63, 3.8) is 0 Å². The van der Waals surface area contributed by atoms with Crippen molar-refractivity contribution in [1.29, 1.82) is 0 Å². The molecule has 2 heteroatoms. The first-order valence-corrected chi connectivity index (χ1v) is 6.25. The molecule has 0 N–H and O–H groups in total. The molecule has 0 bridgehead atoms. The Morgan fingerprint density at radius 3 is 2.53 bits per heavy atom. The van der Waals surface area contributed by atoms with Gasteiger partial charge in [-0.15, -0.1) is 0 Å². The summed E-state index contributed by atoms with van der Waals surface area (Å²) >= 11 is 0. The maximum absolute atomic E-state index is 11.3. The van der Waals surface area contributed by atoms with Gasteiger partial charge >= 0.3 is 5.63 Å². The average Bonchev–Trinajstić information content (AvgIpc) is 2.40. The van der Waals surface area contributed by atoms with Crippen LogP contribution in [0.4, 0.5) is 0 Å². The summed E-state index contributed by atoms with van der Waals surface area (Å²) in [5.74, 6) is 0. The van der Waals surface area contributed by atoms with E-state index >= 15 is 0 Å². The first-order chi connectivity index (χ1) is 9.13. The molecule has 0 saturated heterocycles. The third-order valence-corrected chi connectivity index (χ3v) is 3.33. The van der Waals surface area contributed by atoms with E-state index in [0.29, 0.717) is 5.58 Å². The first kappa shape index (κ1) is 11.7. The fraction of sp³-hybridized carbons (Fsp3) is 0.118. The second-order valence-electron chi connectivity index (χ2n) is 4.83. The van der Waals surface area contributed by atoms with Crippen LogP contribution in [0.1, 0.15) is 11.1 Å². The van der Waals surface area contributed by atoms with E-state index in [-0.39, 0.29) is 5.63 Å². The first-order valence-electron chi connectivity index (χ1n) is 6.25. The van der Waals surface area contributed by atoms with E-state index in [1.807, 2.05) is 12.1 Å². The van der Waals surface area contributed by atoms with Crippen LogP contribution in [0.5, 0.6) is 0 Å². The van der Waals surface area contributed by atoms with Crippen molar-refractivity contribution >= 4 is 11.0 Å². The van der Waals surface area contributed by atoms with Gasteiger partial charge in [-0.2, -0.15) is 0 Å². The van der Waals surface area contributed by atoms with E-state index in [9.17, 15) is 4.79 Å². The van der Waals surface area contributed by atoms with Crippen molar-refractivity contribution in [3.8, 4) is 11.1 Å². The molecular weight excluding hydrogens is 236 g/mol. The molecule has 0 saturated carbocycles. The van der Waals surface area contributed by atoms with Crippen molar-refractivity contribution in [3.05, 3.63) is 70.1 Å². The number of benzene rings is 2. The van der Waals surface area contributed by atoms with Crippen LogP contribution >= 0.6 is 0 Å². The quantitative estimate of drug-likeness (QED) is 0.609. The van der Waals surface area contributed by atoms with Crippen LogP contribution in [0, 0.1) is 13.8 Å². The smallest absolute Gasteiger partial charge is 0.336 e. The van der Waals surface area contributed by atoms with E-state index in [1.165, 1.54) is 22.8 Å². The molecule has 3 rings (SSSR count). The molecule has 2 nitrogen and oxygen atoms in total. The fourth-order valence-electron chi connectivity index (χ4n) is 2.28. The van der Waals surface area contributed by atoms with E-state index in [4.69, 9.17) is 4.42 Å². The highest BCUT2D eigenvalue weighted by molar-refractivity contribution is 5.83. The van der Waals surface area contributed by atoms with Crippen molar-refractivity contribution in [1.82, 2.24) is 0 Å². The van der Waals surface area contributed by atoms with Gasteiger partial charge in [0.25, 0.3) is 0 Å². The summed E-state index contributed by atoms with van der Waals surface area (Å²) < 4.78 is 5.24. The van der Waals surface area contributed by atoms with Crippen LogP contribution in [0.25, 0.3) is 22.1 Å². The standard InChI is InChI=1S/C17H14O2/c1-11-3-4-12(2)15(9-11)14-6-5-13-7-8-17(18)19-16(13)10-14/h3-10H,1-2H3. The maximum Gasteiger partial charge on any atom is 0.336 e. The zero-order valence-corrected chi connectivity index (χ0v) is 10.9. The molecule has 0 atom stereocenters. The lowest BCUT2D eigenvalue weighted by Gasteiger charge is -2.08. The summed E-state index contributed by atoms with van der Waals surface area (Å²) in [5, 5.41) is 0.939. The molecule has 0 fully saturated rings. The number of fused-ring (bicyclic) bond motifs is 1. The predicted octanol–water partition coefficient (Wildman–Crippen LogP) is 4.08. The van der Waals surface area contributed by atoms with Crippen molar-refractivity contribution < 1.29 is 4.42 Å². The number of aryl methyl sites for hydroxylation is 2. The molecule has 1 aromatic heterocycles. The van der Waals surface area contributed by atoms with Crippen LogP contribution in [-0.4, -0.2) is 0 Å². The van der Waals surface area contributed by atoms with Gasteiger partial charge in [0.1, 0.15) is 5.58 Å². The topological polar surface area (TPSA) is 30.2 Å². The normalized spacial score (nSPS) is 10.8. The minimum absolute atomic E-state index is 0.314. The van der Waals surface area contributed by atoms with Crippen molar-refractivity contribution in [2.45, 2.75) is 13.8 Å². The van der Waals surface area contributed by atoms with Crippen molar-refractivity contribution in [2.75, 3.05) is 0 Å². The summed E-state index contributed by atoms with van der Waals surface area (Å²) in [6.07, 6.45) is 0. The van der Waals surface area contributed by atoms with Crippen LogP contribution in [0.3, 0.4) is 0 Å². The third kappa shape index (κ3) is 2.17. The summed E-state index contributed by atoms with van der Waals surface area (Å²) in [6, 6.07) is 15.6. The Morgan fingerprint density at radius 2 is 1.68 bits per heavy atom. The van der Waals surface area contributed by atoms with Gasteiger partial charge in [0.2, 0.25) is 0 Å². The molecule has 0 aliphatic carbocycles. The van der Waals surface area contributed by atoms with Gasteiger partial charge in [-0.05, 0) is 42.7 Å². The molecule has 0 amide bonds. The molecule has 94 valence electrons. The van der Waals surface area contributed by atoms with Crippen LogP contribution in [-0.2, 0) is 0 Å². The largest absolute Gasteiger partial charge is 0.423 e. The molecule has 0 aliphatic heterocycles. The van der Waals surface area contributed by atoms with Gasteiger partial charge in [-0.1, -0.05) is 35.9 Å². The van der Waals surface area contributed by atoms with Crippen molar-refractivity contribution in [2.24, 2.45) is 0 Å². The molecule has 19 heavy (non-hydrogen) atoms. The Balaban J connectivity index is 2.25. The minimum Gasteiger partial charge on any atom is -0.423 e. The SMILES string of the molecule is Cc1ccc(C)c(-c2ccc3ccc(=O)oc3c2)c1. The molecular formula is C17H14O2.